The van der Waals surface area contributed by atoms with Gasteiger partial charge < -0.3 is 25.6 Å². The van der Waals surface area contributed by atoms with Gasteiger partial charge in [0.2, 0.25) is 0 Å². The van der Waals surface area contributed by atoms with Crippen LogP contribution >= 0.6 is 11.6 Å². The number of nitrogens with zero attached hydrogens (tertiary/aromatic N) is 1. The normalized spacial score (nSPS) is 19.6. The first-order valence-electron chi connectivity index (χ1n) is 9.09. The van der Waals surface area contributed by atoms with Gasteiger partial charge in [-0.05, 0) is 37.1 Å². The molecule has 2 aromatic rings. The van der Waals surface area contributed by atoms with Gasteiger partial charge in [0.05, 0.1) is 11.7 Å². The molecular weight excluding hydrogens is 396 g/mol. The molecule has 2 aromatic carbocycles. The minimum absolute atomic E-state index is 0.105. The topological polar surface area (TPSA) is 113 Å². The predicted octanol–water partition coefficient (Wildman–Crippen LogP) is 3.83. The maximum Gasteiger partial charge on any atom is 0.328 e. The second kappa shape index (κ2) is 8.98. The Morgan fingerprint density at radius 2 is 1.79 bits per heavy atom. The first kappa shape index (κ1) is 20.7. The summed E-state index contributed by atoms with van der Waals surface area (Å²) < 4.78 is 6.14. The quantitative estimate of drug-likeness (QED) is 0.637. The van der Waals surface area contributed by atoms with E-state index in [1.165, 1.54) is 0 Å². The first-order chi connectivity index (χ1) is 13.9. The van der Waals surface area contributed by atoms with E-state index in [2.05, 4.69) is 11.0 Å². The van der Waals surface area contributed by atoms with Gasteiger partial charge in [0, 0.05) is 35.3 Å². The van der Waals surface area contributed by atoms with E-state index >= 15 is 0 Å². The van der Waals surface area contributed by atoms with Crippen LogP contribution in [0.2, 0.25) is 5.02 Å². The summed E-state index contributed by atoms with van der Waals surface area (Å²) in [5, 5.41) is 16.3. The van der Waals surface area contributed by atoms with E-state index in [-0.39, 0.29) is 12.1 Å². The van der Waals surface area contributed by atoms with Crippen LogP contribution in [0, 0.1) is 0 Å². The van der Waals surface area contributed by atoms with Crippen molar-refractivity contribution in [2.75, 3.05) is 11.4 Å². The monoisotopic (exact) mass is 416 g/mol. The molecule has 2 aliphatic heterocycles. The molecule has 2 atom stereocenters. The SMILES string of the molecule is N[C@@H]1CCCN2c3cc(Cl)ccc3Oc3ccccc3[C@@H]12.O=C(O)C=CC(=O)O. The highest BCUT2D eigenvalue weighted by Gasteiger charge is 2.36. The highest BCUT2D eigenvalue weighted by atomic mass is 35.5. The van der Waals surface area contributed by atoms with Crippen LogP contribution in [0.5, 0.6) is 11.5 Å². The van der Waals surface area contributed by atoms with E-state index in [0.717, 1.165) is 47.2 Å². The van der Waals surface area contributed by atoms with E-state index in [4.69, 9.17) is 32.3 Å². The highest BCUT2D eigenvalue weighted by molar-refractivity contribution is 6.31. The summed E-state index contributed by atoms with van der Waals surface area (Å²) in [7, 11) is 0. The lowest BCUT2D eigenvalue weighted by Crippen LogP contribution is -2.45. The van der Waals surface area contributed by atoms with Crippen LogP contribution in [0.15, 0.2) is 54.6 Å². The molecule has 4 rings (SSSR count). The minimum Gasteiger partial charge on any atom is -0.478 e. The number of carboxylic acids is 2. The molecule has 152 valence electrons. The first-order valence-corrected chi connectivity index (χ1v) is 9.47. The summed E-state index contributed by atoms with van der Waals surface area (Å²) in [6.45, 7) is 0.976. The summed E-state index contributed by atoms with van der Waals surface area (Å²) in [6, 6.07) is 14.2. The molecule has 7 nitrogen and oxygen atoms in total. The maximum atomic E-state index is 9.55. The summed E-state index contributed by atoms with van der Waals surface area (Å²) in [6.07, 6.45) is 3.24. The van der Waals surface area contributed by atoms with Crippen LogP contribution in [0.3, 0.4) is 0 Å². The molecule has 29 heavy (non-hydrogen) atoms. The van der Waals surface area contributed by atoms with Gasteiger partial charge in [-0.1, -0.05) is 29.8 Å². The largest absolute Gasteiger partial charge is 0.478 e. The van der Waals surface area contributed by atoms with Gasteiger partial charge in [-0.25, -0.2) is 9.59 Å². The Kier molecular flexibility index (Phi) is 6.41. The van der Waals surface area contributed by atoms with Crippen molar-refractivity contribution < 1.29 is 24.5 Å². The number of hydrogen-bond acceptors (Lipinski definition) is 5. The molecule has 0 radical (unpaired) electrons. The Hall–Kier alpha value is -3.03. The third-order valence-corrected chi connectivity index (χ3v) is 4.97. The molecule has 0 aromatic heterocycles. The van der Waals surface area contributed by atoms with Gasteiger partial charge in [0.15, 0.2) is 5.75 Å². The number of carboxylic acid groups (broad SMARTS) is 2. The Bertz CT molecular complexity index is 930. The lowest BCUT2D eigenvalue weighted by atomic mass is 9.90. The second-order valence-corrected chi connectivity index (χ2v) is 7.14. The van der Waals surface area contributed by atoms with Crippen LogP contribution in [-0.4, -0.2) is 34.7 Å². The van der Waals surface area contributed by atoms with Crippen molar-refractivity contribution in [2.45, 2.75) is 24.9 Å². The number of para-hydroxylation sites is 1. The van der Waals surface area contributed by atoms with Gasteiger partial charge in [-0.2, -0.15) is 0 Å². The van der Waals surface area contributed by atoms with Crippen molar-refractivity contribution >= 4 is 29.2 Å². The van der Waals surface area contributed by atoms with Crippen molar-refractivity contribution in [2.24, 2.45) is 5.73 Å². The summed E-state index contributed by atoms with van der Waals surface area (Å²) in [5.41, 5.74) is 8.64. The van der Waals surface area contributed by atoms with Crippen molar-refractivity contribution in [3.8, 4) is 11.5 Å². The molecule has 1 fully saturated rings. The van der Waals surface area contributed by atoms with Crippen LogP contribution < -0.4 is 15.4 Å². The van der Waals surface area contributed by atoms with Gasteiger partial charge in [-0.3, -0.25) is 0 Å². The second-order valence-electron chi connectivity index (χ2n) is 6.71. The van der Waals surface area contributed by atoms with Gasteiger partial charge in [0.25, 0.3) is 0 Å². The molecule has 0 aliphatic carbocycles. The third kappa shape index (κ3) is 4.88. The molecule has 0 spiro atoms. The number of piperidine rings is 1. The molecule has 0 amide bonds. The molecule has 1 saturated heterocycles. The van der Waals surface area contributed by atoms with Crippen LogP contribution in [-0.2, 0) is 9.59 Å². The van der Waals surface area contributed by atoms with Crippen LogP contribution in [0.4, 0.5) is 5.69 Å². The number of fused-ring (bicyclic) bond motifs is 5. The Morgan fingerprint density at radius 3 is 2.48 bits per heavy atom. The molecule has 0 saturated carbocycles. The fraction of sp³-hybridized carbons (Fsp3) is 0.238. The summed E-state index contributed by atoms with van der Waals surface area (Å²) in [4.78, 5) is 21.5. The molecule has 4 N–H and O–H groups in total. The number of rotatable bonds is 2. The van der Waals surface area contributed by atoms with E-state index in [9.17, 15) is 9.59 Å². The zero-order chi connectivity index (χ0) is 21.0. The average molecular weight is 417 g/mol. The fourth-order valence-electron chi connectivity index (χ4n) is 3.57. The molecule has 8 heteroatoms. The fourth-order valence-corrected chi connectivity index (χ4v) is 3.74. The van der Waals surface area contributed by atoms with Crippen molar-refractivity contribution in [1.29, 1.82) is 0 Å². The highest BCUT2D eigenvalue weighted by Crippen LogP contribution is 2.47. The molecule has 2 heterocycles. The number of aliphatic carboxylic acids is 2. The standard InChI is InChI=1S/C17H17ClN2O.C4H4O4/c18-11-7-8-16-14(10-11)20-9-3-5-13(19)17(20)12-4-1-2-6-15(12)21-16;5-3(6)1-2-4(7)8/h1-2,4,6-8,10,13,17H,3,5,9,19H2;1-2H,(H,5,6)(H,7,8)/t13-,17+;/m1./s1. The summed E-state index contributed by atoms with van der Waals surface area (Å²) >= 11 is 6.20. The number of benzene rings is 2. The van der Waals surface area contributed by atoms with Crippen LogP contribution in [0.1, 0.15) is 24.4 Å². The molecular formula is C21H21ClN2O5. The van der Waals surface area contributed by atoms with Gasteiger partial charge in [0.1, 0.15) is 5.75 Å². The molecule has 0 unspecified atom stereocenters. The molecule has 0 bridgehead atoms. The van der Waals surface area contributed by atoms with E-state index in [1.807, 2.05) is 36.4 Å². The number of anilines is 1. The Labute approximate surface area is 173 Å². The van der Waals surface area contributed by atoms with E-state index < -0.39 is 11.9 Å². The van der Waals surface area contributed by atoms with Gasteiger partial charge in [-0.15, -0.1) is 0 Å². The molecule has 2 aliphatic rings. The smallest absolute Gasteiger partial charge is 0.328 e. The number of ether oxygens (including phenoxy) is 1. The zero-order valence-corrected chi connectivity index (χ0v) is 16.2. The maximum absolute atomic E-state index is 9.55. The number of carbonyl (C=O) groups is 2. The lowest BCUT2D eigenvalue weighted by Gasteiger charge is -2.40. The Balaban J connectivity index is 0.000000258. The van der Waals surface area contributed by atoms with Crippen LogP contribution in [0.25, 0.3) is 0 Å². The van der Waals surface area contributed by atoms with Crippen molar-refractivity contribution in [3.05, 3.63) is 65.2 Å². The predicted molar refractivity (Wildman–Crippen MR) is 110 cm³/mol. The summed E-state index contributed by atoms with van der Waals surface area (Å²) in [5.74, 6) is -0.769. The number of nitrogens with two attached hydrogens (primary N) is 1. The lowest BCUT2D eigenvalue weighted by molar-refractivity contribution is -0.134. The van der Waals surface area contributed by atoms with Crippen molar-refractivity contribution in [3.63, 3.8) is 0 Å². The minimum atomic E-state index is -1.26. The van der Waals surface area contributed by atoms with E-state index in [1.54, 1.807) is 0 Å². The van der Waals surface area contributed by atoms with Crippen molar-refractivity contribution in [1.82, 2.24) is 0 Å². The average Bonchev–Trinajstić information content (AvgIpc) is 2.82. The third-order valence-electron chi connectivity index (χ3n) is 4.73. The van der Waals surface area contributed by atoms with Gasteiger partial charge >= 0.3 is 11.9 Å². The number of halogens is 1. The zero-order valence-electron chi connectivity index (χ0n) is 15.5. The Morgan fingerprint density at radius 1 is 1.10 bits per heavy atom. The van der Waals surface area contributed by atoms with E-state index in [0.29, 0.717) is 12.2 Å². The number of hydrogen-bond donors (Lipinski definition) is 3.